The van der Waals surface area contributed by atoms with Crippen molar-refractivity contribution < 1.29 is 0 Å². The fraction of sp³-hybridized carbons (Fsp3) is 0.632. The van der Waals surface area contributed by atoms with Gasteiger partial charge in [-0.05, 0) is 13.1 Å². The van der Waals surface area contributed by atoms with E-state index >= 15 is 0 Å². The summed E-state index contributed by atoms with van der Waals surface area (Å²) in [6, 6.07) is 12.0. The molecular weight excluding hydrogens is 242 g/mol. The van der Waals surface area contributed by atoms with Crippen LogP contribution < -0.4 is 0 Å². The lowest BCUT2D eigenvalue weighted by atomic mass is 10.1. The Morgan fingerprint density at radius 2 is 0.950 bits per heavy atom. The molecule has 0 atom stereocenters. The molecule has 0 spiro atoms. The molecule has 0 saturated heterocycles. The second-order valence-electron chi connectivity index (χ2n) is 5.28. The van der Waals surface area contributed by atoms with Crippen LogP contribution in [0, 0.1) is 0 Å². The Morgan fingerprint density at radius 1 is 0.600 bits per heavy atom. The Balaban J connectivity index is 0.000000493. The average Bonchev–Trinajstić information content (AvgIpc) is 2.52. The van der Waals surface area contributed by atoms with E-state index in [4.69, 9.17) is 0 Å². The summed E-state index contributed by atoms with van der Waals surface area (Å²) in [5.41, 5.74) is 0. The van der Waals surface area contributed by atoms with Gasteiger partial charge in [0.15, 0.2) is 0 Å². The van der Waals surface area contributed by atoms with Crippen molar-refractivity contribution in [1.29, 1.82) is 0 Å². The Kier molecular flexibility index (Phi) is 16.9. The van der Waals surface area contributed by atoms with Crippen LogP contribution in [0.2, 0.25) is 0 Å². The third-order valence-electron chi connectivity index (χ3n) is 3.34. The van der Waals surface area contributed by atoms with E-state index < -0.39 is 0 Å². The predicted octanol–water partition coefficient (Wildman–Crippen LogP) is 6.29. The third kappa shape index (κ3) is 16.9. The highest BCUT2D eigenvalue weighted by molar-refractivity contribution is 5.22. The summed E-state index contributed by atoms with van der Waals surface area (Å²) in [6.07, 6.45) is 13.9. The van der Waals surface area contributed by atoms with Crippen LogP contribution in [-0.4, -0.2) is 13.3 Å². The molecule has 0 unspecified atom stereocenters. The van der Waals surface area contributed by atoms with Crippen molar-refractivity contribution in [3.05, 3.63) is 36.4 Å². The Hall–Kier alpha value is -1.11. The van der Waals surface area contributed by atoms with Gasteiger partial charge in [0.25, 0.3) is 0 Å². The van der Waals surface area contributed by atoms with Gasteiger partial charge >= 0.3 is 0 Å². The van der Waals surface area contributed by atoms with Gasteiger partial charge in [-0.15, -0.1) is 0 Å². The van der Waals surface area contributed by atoms with Gasteiger partial charge in [0.05, 0.1) is 0 Å². The average molecular weight is 275 g/mol. The van der Waals surface area contributed by atoms with E-state index in [0.717, 1.165) is 6.54 Å². The zero-order valence-corrected chi connectivity index (χ0v) is 13.4. The zero-order valence-electron chi connectivity index (χ0n) is 13.4. The van der Waals surface area contributed by atoms with E-state index in [-0.39, 0.29) is 0 Å². The largest absolute Gasteiger partial charge is 0.301 e. The molecule has 0 bridgehead atoms. The molecule has 0 saturated carbocycles. The molecule has 0 N–H and O–H groups in total. The van der Waals surface area contributed by atoms with Crippen molar-refractivity contribution in [2.75, 3.05) is 6.54 Å². The fourth-order valence-corrected chi connectivity index (χ4v) is 2.10. The summed E-state index contributed by atoms with van der Waals surface area (Å²) in [5.74, 6) is 0. The number of nitrogens with zero attached hydrogens (tertiary/aromatic N) is 1. The molecule has 0 aliphatic heterocycles. The first-order valence-corrected chi connectivity index (χ1v) is 8.34. The van der Waals surface area contributed by atoms with Crippen molar-refractivity contribution >= 4 is 6.72 Å². The number of hydrogen-bond donors (Lipinski definition) is 0. The molecule has 0 aliphatic carbocycles. The van der Waals surface area contributed by atoms with Crippen molar-refractivity contribution in [2.45, 2.75) is 71.1 Å². The minimum absolute atomic E-state index is 0.955. The first-order valence-electron chi connectivity index (χ1n) is 8.34. The van der Waals surface area contributed by atoms with Crippen LogP contribution in [0.5, 0.6) is 0 Å². The molecule has 0 fully saturated rings. The maximum absolute atomic E-state index is 3.85. The molecule has 1 heteroatoms. The molecule has 20 heavy (non-hydrogen) atoms. The van der Waals surface area contributed by atoms with Crippen LogP contribution in [0.1, 0.15) is 71.1 Å². The second kappa shape index (κ2) is 17.9. The molecule has 0 amide bonds. The highest BCUT2D eigenvalue weighted by Crippen LogP contribution is 2.10. The van der Waals surface area contributed by atoms with Crippen LogP contribution in [-0.2, 0) is 0 Å². The molecule has 1 rings (SSSR count). The van der Waals surface area contributed by atoms with Crippen LogP contribution >= 0.6 is 0 Å². The van der Waals surface area contributed by atoms with E-state index in [2.05, 4.69) is 18.6 Å². The minimum Gasteiger partial charge on any atom is -0.301 e. The molecule has 0 aliphatic rings. The summed E-state index contributed by atoms with van der Waals surface area (Å²) in [4.78, 5) is 3.85. The first-order chi connectivity index (χ1) is 9.91. The van der Waals surface area contributed by atoms with Gasteiger partial charge in [-0.25, -0.2) is 0 Å². The van der Waals surface area contributed by atoms with Gasteiger partial charge in [0.1, 0.15) is 0 Å². The summed E-state index contributed by atoms with van der Waals surface area (Å²) < 4.78 is 0. The highest BCUT2D eigenvalue weighted by atomic mass is 14.7. The van der Waals surface area contributed by atoms with Gasteiger partial charge in [-0.1, -0.05) is 101 Å². The standard InChI is InChI=1S/C13H27N.C6H6/c1-3-4-5-6-7-8-9-10-11-12-13-14-2;1-2-4-6-5-3-1/h2-13H2,1H3;1-6H. The SMILES string of the molecule is C=NCCCCCCCCCCCC.c1ccccc1. The topological polar surface area (TPSA) is 12.4 Å². The van der Waals surface area contributed by atoms with Gasteiger partial charge in [-0.2, -0.15) is 0 Å². The van der Waals surface area contributed by atoms with E-state index in [1.807, 2.05) is 36.4 Å². The van der Waals surface area contributed by atoms with Gasteiger partial charge in [0.2, 0.25) is 0 Å². The number of unbranched alkanes of at least 4 members (excludes halogenated alkanes) is 9. The lowest BCUT2D eigenvalue weighted by Crippen LogP contribution is -1.83. The van der Waals surface area contributed by atoms with Gasteiger partial charge < -0.3 is 4.99 Å². The molecule has 114 valence electrons. The number of hydrogen-bond acceptors (Lipinski definition) is 1. The number of aliphatic imine (C=N–C) groups is 1. The van der Waals surface area contributed by atoms with E-state index in [1.54, 1.807) is 0 Å². The lowest BCUT2D eigenvalue weighted by molar-refractivity contribution is 0.558. The molecule has 1 nitrogen and oxygen atoms in total. The third-order valence-corrected chi connectivity index (χ3v) is 3.34. The molecular formula is C19H33N. The van der Waals surface area contributed by atoms with Crippen LogP contribution in [0.4, 0.5) is 0 Å². The fourth-order valence-electron chi connectivity index (χ4n) is 2.10. The van der Waals surface area contributed by atoms with E-state index in [1.165, 1.54) is 64.2 Å². The van der Waals surface area contributed by atoms with E-state index in [0.29, 0.717) is 0 Å². The molecule has 0 radical (unpaired) electrons. The summed E-state index contributed by atoms with van der Waals surface area (Å²) in [5, 5.41) is 0. The number of benzene rings is 1. The monoisotopic (exact) mass is 275 g/mol. The lowest BCUT2D eigenvalue weighted by Gasteiger charge is -2.00. The number of rotatable bonds is 11. The smallest absolute Gasteiger partial charge is 0.0382 e. The van der Waals surface area contributed by atoms with Gasteiger partial charge in [-0.3, -0.25) is 0 Å². The summed E-state index contributed by atoms with van der Waals surface area (Å²) in [6.45, 7) is 6.71. The van der Waals surface area contributed by atoms with Crippen molar-refractivity contribution in [1.82, 2.24) is 0 Å². The zero-order chi connectivity index (χ0) is 14.7. The maximum Gasteiger partial charge on any atom is 0.0382 e. The van der Waals surface area contributed by atoms with Crippen LogP contribution in [0.15, 0.2) is 41.4 Å². The summed E-state index contributed by atoms with van der Waals surface area (Å²) in [7, 11) is 0. The Labute approximate surface area is 126 Å². The molecule has 0 heterocycles. The second-order valence-corrected chi connectivity index (χ2v) is 5.28. The Bertz CT molecular complexity index is 242. The van der Waals surface area contributed by atoms with Crippen LogP contribution in [0.25, 0.3) is 0 Å². The van der Waals surface area contributed by atoms with Crippen molar-refractivity contribution in [3.63, 3.8) is 0 Å². The predicted molar refractivity (Wildman–Crippen MR) is 92.7 cm³/mol. The van der Waals surface area contributed by atoms with Gasteiger partial charge in [0, 0.05) is 6.54 Å². The van der Waals surface area contributed by atoms with Crippen LogP contribution in [0.3, 0.4) is 0 Å². The molecule has 1 aromatic rings. The quantitative estimate of drug-likeness (QED) is 0.332. The Morgan fingerprint density at radius 3 is 1.30 bits per heavy atom. The van der Waals surface area contributed by atoms with E-state index in [9.17, 15) is 0 Å². The highest BCUT2D eigenvalue weighted by Gasteiger charge is 1.91. The molecule has 1 aromatic carbocycles. The normalized spacial score (nSPS) is 9.65. The summed E-state index contributed by atoms with van der Waals surface area (Å²) >= 11 is 0. The van der Waals surface area contributed by atoms with Crippen molar-refractivity contribution in [2.24, 2.45) is 4.99 Å². The minimum atomic E-state index is 0.955. The maximum atomic E-state index is 3.85. The molecule has 0 aromatic heterocycles. The van der Waals surface area contributed by atoms with Crippen molar-refractivity contribution in [3.8, 4) is 0 Å². The first kappa shape index (κ1) is 18.9.